The van der Waals surface area contributed by atoms with E-state index in [0.717, 1.165) is 12.1 Å². The number of halogens is 5. The molecule has 0 radical (unpaired) electrons. The van der Waals surface area contributed by atoms with E-state index in [1.807, 2.05) is 0 Å². The number of amides is 2. The lowest BCUT2D eigenvalue weighted by atomic mass is 10.1. The van der Waals surface area contributed by atoms with Gasteiger partial charge in [-0.3, -0.25) is 9.59 Å². The van der Waals surface area contributed by atoms with Crippen LogP contribution in [0, 0.1) is 11.6 Å². The van der Waals surface area contributed by atoms with Gasteiger partial charge in [-0.05, 0) is 29.8 Å². The Hall–Kier alpha value is -2.97. The van der Waals surface area contributed by atoms with Gasteiger partial charge in [-0.25, -0.2) is 8.78 Å². The zero-order valence-electron chi connectivity index (χ0n) is 14.1. The molecule has 1 N–H and O–H groups in total. The standard InChI is InChI=1S/C18H15F5N2O2/c1-25(17(27)13-6-14(19)8-15(20)7-13)9-11-2-4-12(5-3-11)16(26)24-10-18(21,22)23/h2-8H,9-10H2,1H3,(H,24,26). The van der Waals surface area contributed by atoms with Crippen molar-refractivity contribution in [3.63, 3.8) is 0 Å². The molecule has 0 bridgehead atoms. The molecule has 9 heteroatoms. The van der Waals surface area contributed by atoms with E-state index in [9.17, 15) is 31.5 Å². The molecule has 0 saturated carbocycles. The van der Waals surface area contributed by atoms with E-state index >= 15 is 0 Å². The van der Waals surface area contributed by atoms with Gasteiger partial charge in [0.15, 0.2) is 0 Å². The Kier molecular flexibility index (Phi) is 6.14. The summed E-state index contributed by atoms with van der Waals surface area (Å²) in [5, 5.41) is 1.75. The first-order valence-electron chi connectivity index (χ1n) is 7.70. The fourth-order valence-corrected chi connectivity index (χ4v) is 2.29. The summed E-state index contributed by atoms with van der Waals surface area (Å²) < 4.78 is 62.7. The van der Waals surface area contributed by atoms with E-state index in [-0.39, 0.29) is 17.7 Å². The smallest absolute Gasteiger partial charge is 0.343 e. The van der Waals surface area contributed by atoms with Gasteiger partial charge in [0, 0.05) is 30.8 Å². The average Bonchev–Trinajstić information content (AvgIpc) is 2.58. The molecule has 0 atom stereocenters. The van der Waals surface area contributed by atoms with Crippen LogP contribution in [0.4, 0.5) is 22.0 Å². The minimum Gasteiger partial charge on any atom is -0.343 e. The molecule has 2 aromatic rings. The highest BCUT2D eigenvalue weighted by Gasteiger charge is 2.27. The Morgan fingerprint density at radius 1 is 0.963 bits per heavy atom. The number of nitrogens with zero attached hydrogens (tertiary/aromatic N) is 1. The summed E-state index contributed by atoms with van der Waals surface area (Å²) in [5.74, 6) is -3.24. The van der Waals surface area contributed by atoms with E-state index < -0.39 is 36.2 Å². The molecule has 2 rings (SSSR count). The molecule has 0 aromatic heterocycles. The highest BCUT2D eigenvalue weighted by atomic mass is 19.4. The van der Waals surface area contributed by atoms with Crippen LogP contribution in [0.15, 0.2) is 42.5 Å². The maximum Gasteiger partial charge on any atom is 0.405 e. The molecule has 0 fully saturated rings. The van der Waals surface area contributed by atoms with Crippen LogP contribution < -0.4 is 5.32 Å². The molecular formula is C18H15F5N2O2. The maximum atomic E-state index is 13.2. The van der Waals surface area contributed by atoms with Gasteiger partial charge in [0.05, 0.1) is 0 Å². The van der Waals surface area contributed by atoms with Crippen molar-refractivity contribution < 1.29 is 31.5 Å². The van der Waals surface area contributed by atoms with E-state index in [1.165, 1.54) is 36.2 Å². The number of rotatable bonds is 5. The molecule has 0 aliphatic rings. The summed E-state index contributed by atoms with van der Waals surface area (Å²) in [6.45, 7) is -1.36. The number of carbonyl (C=O) groups excluding carboxylic acids is 2. The lowest BCUT2D eigenvalue weighted by molar-refractivity contribution is -0.123. The maximum absolute atomic E-state index is 13.2. The van der Waals surface area contributed by atoms with Crippen LogP contribution >= 0.6 is 0 Å². The van der Waals surface area contributed by atoms with E-state index in [4.69, 9.17) is 0 Å². The zero-order chi connectivity index (χ0) is 20.2. The number of hydrogen-bond donors (Lipinski definition) is 1. The number of hydrogen-bond acceptors (Lipinski definition) is 2. The second kappa shape index (κ2) is 8.15. The summed E-state index contributed by atoms with van der Waals surface area (Å²) in [7, 11) is 1.43. The lowest BCUT2D eigenvalue weighted by Crippen LogP contribution is -2.33. The van der Waals surface area contributed by atoms with Gasteiger partial charge >= 0.3 is 6.18 Å². The molecule has 0 saturated heterocycles. The van der Waals surface area contributed by atoms with Crippen LogP contribution in [-0.2, 0) is 6.54 Å². The second-order valence-corrected chi connectivity index (χ2v) is 5.81. The quantitative estimate of drug-likeness (QED) is 0.800. The number of alkyl halides is 3. The van der Waals surface area contributed by atoms with Crippen LogP contribution in [0.5, 0.6) is 0 Å². The van der Waals surface area contributed by atoms with Crippen molar-refractivity contribution in [3.05, 3.63) is 70.8 Å². The summed E-state index contributed by atoms with van der Waals surface area (Å²) in [4.78, 5) is 25.1. The van der Waals surface area contributed by atoms with Gasteiger partial charge in [0.25, 0.3) is 11.8 Å². The van der Waals surface area contributed by atoms with Crippen LogP contribution in [0.2, 0.25) is 0 Å². The Labute approximate surface area is 151 Å². The molecule has 0 aliphatic heterocycles. The molecule has 0 unspecified atom stereocenters. The van der Waals surface area contributed by atoms with Crippen molar-refractivity contribution >= 4 is 11.8 Å². The van der Waals surface area contributed by atoms with Crippen LogP contribution in [0.25, 0.3) is 0 Å². The molecule has 2 aromatic carbocycles. The minimum absolute atomic E-state index is 0.0316. The van der Waals surface area contributed by atoms with Crippen LogP contribution in [-0.4, -0.2) is 36.5 Å². The Morgan fingerprint density at radius 2 is 1.52 bits per heavy atom. The first-order chi connectivity index (χ1) is 12.5. The largest absolute Gasteiger partial charge is 0.405 e. The first-order valence-corrected chi connectivity index (χ1v) is 7.70. The summed E-state index contributed by atoms with van der Waals surface area (Å²) >= 11 is 0. The molecule has 4 nitrogen and oxygen atoms in total. The minimum atomic E-state index is -4.50. The predicted octanol–water partition coefficient (Wildman–Crippen LogP) is 3.53. The van der Waals surface area contributed by atoms with Gasteiger partial charge in [-0.2, -0.15) is 13.2 Å². The van der Waals surface area contributed by atoms with Gasteiger partial charge in [-0.15, -0.1) is 0 Å². The Morgan fingerprint density at radius 3 is 2.04 bits per heavy atom. The monoisotopic (exact) mass is 386 g/mol. The molecule has 0 spiro atoms. The van der Waals surface area contributed by atoms with Crippen molar-refractivity contribution in [1.29, 1.82) is 0 Å². The third kappa shape index (κ3) is 6.05. The van der Waals surface area contributed by atoms with Crippen LogP contribution in [0.1, 0.15) is 26.3 Å². The molecule has 2 amide bonds. The predicted molar refractivity (Wildman–Crippen MR) is 87.0 cm³/mol. The highest BCUT2D eigenvalue weighted by Crippen LogP contribution is 2.14. The molecule has 27 heavy (non-hydrogen) atoms. The van der Waals surface area contributed by atoms with Gasteiger partial charge in [-0.1, -0.05) is 12.1 Å². The average molecular weight is 386 g/mol. The van der Waals surface area contributed by atoms with E-state index in [0.29, 0.717) is 11.6 Å². The van der Waals surface area contributed by atoms with Crippen molar-refractivity contribution in [2.75, 3.05) is 13.6 Å². The first kappa shape index (κ1) is 20.3. The number of benzene rings is 2. The lowest BCUT2D eigenvalue weighted by Gasteiger charge is -2.17. The Balaban J connectivity index is 2.01. The number of nitrogens with one attached hydrogen (secondary N) is 1. The van der Waals surface area contributed by atoms with E-state index in [1.54, 1.807) is 5.32 Å². The van der Waals surface area contributed by atoms with Crippen molar-refractivity contribution in [3.8, 4) is 0 Å². The van der Waals surface area contributed by atoms with Gasteiger partial charge < -0.3 is 10.2 Å². The number of carbonyl (C=O) groups is 2. The Bertz CT molecular complexity index is 814. The van der Waals surface area contributed by atoms with E-state index in [2.05, 4.69) is 0 Å². The fourth-order valence-electron chi connectivity index (χ4n) is 2.29. The molecule has 0 heterocycles. The SMILES string of the molecule is CN(Cc1ccc(C(=O)NCC(F)(F)F)cc1)C(=O)c1cc(F)cc(F)c1. The summed E-state index contributed by atoms with van der Waals surface area (Å²) in [6.07, 6.45) is -4.50. The van der Waals surface area contributed by atoms with Crippen molar-refractivity contribution in [2.45, 2.75) is 12.7 Å². The molecule has 144 valence electrons. The van der Waals surface area contributed by atoms with Crippen molar-refractivity contribution in [1.82, 2.24) is 10.2 Å². The third-order valence-electron chi connectivity index (χ3n) is 3.54. The van der Waals surface area contributed by atoms with Crippen molar-refractivity contribution in [2.24, 2.45) is 0 Å². The fraction of sp³-hybridized carbons (Fsp3) is 0.222. The zero-order valence-corrected chi connectivity index (χ0v) is 14.1. The second-order valence-electron chi connectivity index (χ2n) is 5.81. The normalized spacial score (nSPS) is 11.2. The topological polar surface area (TPSA) is 49.4 Å². The molecule has 0 aliphatic carbocycles. The highest BCUT2D eigenvalue weighted by molar-refractivity contribution is 5.95. The summed E-state index contributed by atoms with van der Waals surface area (Å²) in [5.41, 5.74) is 0.456. The van der Waals surface area contributed by atoms with Crippen LogP contribution in [0.3, 0.4) is 0 Å². The summed E-state index contributed by atoms with van der Waals surface area (Å²) in [6, 6.07) is 8.06. The van der Waals surface area contributed by atoms with Gasteiger partial charge in [0.2, 0.25) is 0 Å². The molecular weight excluding hydrogens is 371 g/mol. The van der Waals surface area contributed by atoms with Gasteiger partial charge in [0.1, 0.15) is 18.2 Å². The third-order valence-corrected chi connectivity index (χ3v) is 3.54.